The smallest absolute Gasteiger partial charge is 0.264 e. The average molecular weight is 188 g/mol. The molecule has 3 heteroatoms. The van der Waals surface area contributed by atoms with Gasteiger partial charge in [-0.05, 0) is 26.0 Å². The zero-order chi connectivity index (χ0) is 10.1. The molecule has 0 atom stereocenters. The van der Waals surface area contributed by atoms with Crippen molar-refractivity contribution in [3.8, 4) is 5.69 Å². The molecule has 72 valence electrons. The number of nitrogens with one attached hydrogen (secondary N) is 1. The van der Waals surface area contributed by atoms with E-state index in [0.29, 0.717) is 0 Å². The lowest BCUT2D eigenvalue weighted by atomic mass is 10.2. The molecule has 0 unspecified atom stereocenters. The van der Waals surface area contributed by atoms with Gasteiger partial charge in [0.25, 0.3) is 5.56 Å². The first-order valence-electron chi connectivity index (χ1n) is 4.52. The van der Waals surface area contributed by atoms with E-state index in [0.717, 1.165) is 11.4 Å². The molecule has 0 amide bonds. The largest absolute Gasteiger partial charge is 0.268 e. The van der Waals surface area contributed by atoms with Gasteiger partial charge < -0.3 is 0 Å². The van der Waals surface area contributed by atoms with Crippen LogP contribution in [0.15, 0.2) is 35.1 Å². The van der Waals surface area contributed by atoms with Crippen LogP contribution in [0.5, 0.6) is 0 Å². The van der Waals surface area contributed by atoms with Crippen LogP contribution in [0.25, 0.3) is 5.69 Å². The molecule has 0 radical (unpaired) electrons. The second-order valence-electron chi connectivity index (χ2n) is 3.43. The second kappa shape index (κ2) is 3.18. The van der Waals surface area contributed by atoms with E-state index in [2.05, 4.69) is 5.10 Å². The molecule has 0 aliphatic carbocycles. The van der Waals surface area contributed by atoms with Crippen LogP contribution in [-0.4, -0.2) is 9.78 Å². The van der Waals surface area contributed by atoms with Crippen molar-refractivity contribution in [2.45, 2.75) is 13.8 Å². The van der Waals surface area contributed by atoms with E-state index in [1.165, 1.54) is 5.56 Å². The third kappa shape index (κ3) is 1.48. The summed E-state index contributed by atoms with van der Waals surface area (Å²) < 4.78 is 1.78. The lowest BCUT2D eigenvalue weighted by Gasteiger charge is -2.04. The molecule has 14 heavy (non-hydrogen) atoms. The summed E-state index contributed by atoms with van der Waals surface area (Å²) in [5.74, 6) is 0. The van der Waals surface area contributed by atoms with E-state index in [-0.39, 0.29) is 5.56 Å². The van der Waals surface area contributed by atoms with Gasteiger partial charge in [-0.2, -0.15) is 0 Å². The van der Waals surface area contributed by atoms with E-state index < -0.39 is 0 Å². The Hall–Kier alpha value is -1.77. The normalized spacial score (nSPS) is 10.4. The average Bonchev–Trinajstić information content (AvgIpc) is 2.47. The van der Waals surface area contributed by atoms with Crippen molar-refractivity contribution in [1.29, 1.82) is 0 Å². The predicted molar refractivity (Wildman–Crippen MR) is 55.9 cm³/mol. The van der Waals surface area contributed by atoms with Gasteiger partial charge in [-0.1, -0.05) is 17.7 Å². The van der Waals surface area contributed by atoms with Crippen molar-refractivity contribution >= 4 is 0 Å². The fourth-order valence-corrected chi connectivity index (χ4v) is 1.45. The van der Waals surface area contributed by atoms with Gasteiger partial charge in [0.15, 0.2) is 0 Å². The number of nitrogens with zero attached hydrogens (tertiary/aromatic N) is 1. The summed E-state index contributed by atoms with van der Waals surface area (Å²) >= 11 is 0. The van der Waals surface area contributed by atoms with E-state index in [1.807, 2.05) is 38.1 Å². The third-order valence-electron chi connectivity index (χ3n) is 2.21. The molecule has 1 N–H and O–H groups in total. The molecule has 0 aliphatic rings. The predicted octanol–water partition coefficient (Wildman–Crippen LogP) is 1.78. The number of H-pyrrole nitrogens is 1. The summed E-state index contributed by atoms with van der Waals surface area (Å²) in [5, 5.41) is 2.74. The minimum Gasteiger partial charge on any atom is -0.268 e. The summed E-state index contributed by atoms with van der Waals surface area (Å²) in [4.78, 5) is 11.1. The Labute approximate surface area is 82.0 Å². The Morgan fingerprint density at radius 2 is 1.79 bits per heavy atom. The van der Waals surface area contributed by atoms with E-state index >= 15 is 0 Å². The van der Waals surface area contributed by atoms with Gasteiger partial charge in [0.1, 0.15) is 0 Å². The SMILES string of the molecule is Cc1ccc(-n2[nH]c(=O)cc2C)cc1. The molecule has 0 bridgehead atoms. The van der Waals surface area contributed by atoms with Crippen LogP contribution >= 0.6 is 0 Å². The Morgan fingerprint density at radius 3 is 2.29 bits per heavy atom. The molecule has 0 saturated heterocycles. The molecule has 2 aromatic rings. The van der Waals surface area contributed by atoms with Gasteiger partial charge in [-0.15, -0.1) is 0 Å². The zero-order valence-electron chi connectivity index (χ0n) is 8.24. The van der Waals surface area contributed by atoms with Crippen LogP contribution in [0, 0.1) is 13.8 Å². The van der Waals surface area contributed by atoms with Crippen LogP contribution in [0.2, 0.25) is 0 Å². The van der Waals surface area contributed by atoms with Gasteiger partial charge in [-0.3, -0.25) is 14.6 Å². The van der Waals surface area contributed by atoms with Crippen molar-refractivity contribution in [3.63, 3.8) is 0 Å². The van der Waals surface area contributed by atoms with Crippen LogP contribution in [-0.2, 0) is 0 Å². The van der Waals surface area contributed by atoms with Crippen molar-refractivity contribution in [1.82, 2.24) is 9.78 Å². The molecule has 3 nitrogen and oxygen atoms in total. The number of aryl methyl sites for hydroxylation is 2. The number of hydrogen-bond donors (Lipinski definition) is 1. The number of benzene rings is 1. The lowest BCUT2D eigenvalue weighted by molar-refractivity contribution is 0.834. The number of aromatic amines is 1. The van der Waals surface area contributed by atoms with E-state index in [4.69, 9.17) is 0 Å². The second-order valence-corrected chi connectivity index (χ2v) is 3.43. The molecule has 0 aliphatic heterocycles. The van der Waals surface area contributed by atoms with Crippen LogP contribution in [0.4, 0.5) is 0 Å². The number of rotatable bonds is 1. The number of hydrogen-bond acceptors (Lipinski definition) is 1. The fourth-order valence-electron chi connectivity index (χ4n) is 1.45. The molecule has 1 heterocycles. The fraction of sp³-hybridized carbons (Fsp3) is 0.182. The summed E-state index contributed by atoms with van der Waals surface area (Å²) in [6, 6.07) is 9.59. The van der Waals surface area contributed by atoms with Crippen molar-refractivity contribution in [3.05, 3.63) is 51.9 Å². The maximum absolute atomic E-state index is 11.1. The highest BCUT2D eigenvalue weighted by Gasteiger charge is 2.00. The zero-order valence-corrected chi connectivity index (χ0v) is 8.24. The van der Waals surface area contributed by atoms with Gasteiger partial charge in [0.05, 0.1) is 5.69 Å². The maximum atomic E-state index is 11.1. The highest BCUT2D eigenvalue weighted by atomic mass is 16.1. The Kier molecular flexibility index (Phi) is 2.00. The Bertz CT molecular complexity index is 491. The first-order chi connectivity index (χ1) is 6.66. The molecule has 1 aromatic heterocycles. The van der Waals surface area contributed by atoms with Gasteiger partial charge >= 0.3 is 0 Å². The molecule has 2 rings (SSSR count). The van der Waals surface area contributed by atoms with Crippen LogP contribution < -0.4 is 5.56 Å². The molecule has 0 spiro atoms. The summed E-state index contributed by atoms with van der Waals surface area (Å²) in [7, 11) is 0. The quantitative estimate of drug-likeness (QED) is 0.727. The molecule has 0 saturated carbocycles. The Balaban J connectivity index is 2.54. The van der Waals surface area contributed by atoms with Crippen molar-refractivity contribution in [2.24, 2.45) is 0 Å². The molecule has 1 aromatic carbocycles. The van der Waals surface area contributed by atoms with Crippen molar-refractivity contribution in [2.75, 3.05) is 0 Å². The standard InChI is InChI=1S/C11H12N2O/c1-8-3-5-10(6-4-8)13-9(2)7-11(14)12-13/h3-7H,1-2H3,(H,12,14). The first kappa shape index (κ1) is 8.81. The van der Waals surface area contributed by atoms with Crippen molar-refractivity contribution < 1.29 is 0 Å². The lowest BCUT2D eigenvalue weighted by Crippen LogP contribution is -2.03. The van der Waals surface area contributed by atoms with E-state index in [9.17, 15) is 4.79 Å². The summed E-state index contributed by atoms with van der Waals surface area (Å²) in [6.45, 7) is 3.94. The van der Waals surface area contributed by atoms with Crippen LogP contribution in [0.1, 0.15) is 11.3 Å². The summed E-state index contributed by atoms with van der Waals surface area (Å²) in [5.41, 5.74) is 3.04. The molecular weight excluding hydrogens is 176 g/mol. The Morgan fingerprint density at radius 1 is 1.14 bits per heavy atom. The molecule has 0 fully saturated rings. The first-order valence-corrected chi connectivity index (χ1v) is 4.52. The highest BCUT2D eigenvalue weighted by Crippen LogP contribution is 2.08. The minimum absolute atomic E-state index is 0.0666. The van der Waals surface area contributed by atoms with Gasteiger partial charge in [-0.25, -0.2) is 0 Å². The van der Waals surface area contributed by atoms with Crippen LogP contribution in [0.3, 0.4) is 0 Å². The topological polar surface area (TPSA) is 37.8 Å². The highest BCUT2D eigenvalue weighted by molar-refractivity contribution is 5.34. The molecular formula is C11H12N2O. The minimum atomic E-state index is -0.0666. The van der Waals surface area contributed by atoms with Gasteiger partial charge in [0.2, 0.25) is 0 Å². The van der Waals surface area contributed by atoms with Gasteiger partial charge in [0, 0.05) is 11.8 Å². The summed E-state index contributed by atoms with van der Waals surface area (Å²) in [6.07, 6.45) is 0. The maximum Gasteiger partial charge on any atom is 0.264 e. The van der Waals surface area contributed by atoms with E-state index in [1.54, 1.807) is 10.7 Å². The number of aromatic nitrogens is 2. The third-order valence-corrected chi connectivity index (χ3v) is 2.21. The monoisotopic (exact) mass is 188 g/mol.